The Morgan fingerprint density at radius 3 is 2.48 bits per heavy atom. The van der Waals surface area contributed by atoms with Crippen LogP contribution in [0.1, 0.15) is 19.8 Å². The van der Waals surface area contributed by atoms with E-state index in [0.717, 1.165) is 25.7 Å². The molecule has 1 N–H and O–H groups in total. The van der Waals surface area contributed by atoms with E-state index in [4.69, 9.17) is 0 Å². The Kier molecular flexibility index (Phi) is 5.24. The first-order chi connectivity index (χ1) is 9.96. The van der Waals surface area contributed by atoms with Crippen LogP contribution in [0.25, 0.3) is 0 Å². The van der Waals surface area contributed by atoms with Crippen molar-refractivity contribution in [3.8, 4) is 0 Å². The summed E-state index contributed by atoms with van der Waals surface area (Å²) in [5, 5.41) is 3.27. The minimum Gasteiger partial charge on any atom is -0.383 e. The third-order valence-electron chi connectivity index (χ3n) is 3.83. The van der Waals surface area contributed by atoms with Crippen molar-refractivity contribution in [1.82, 2.24) is 9.21 Å². The van der Waals surface area contributed by atoms with Gasteiger partial charge in [-0.25, -0.2) is 12.7 Å². The fourth-order valence-corrected chi connectivity index (χ4v) is 3.47. The summed E-state index contributed by atoms with van der Waals surface area (Å²) in [6, 6.07) is 7.82. The zero-order chi connectivity index (χ0) is 15.5. The first-order valence-electron chi connectivity index (χ1n) is 7.46. The fraction of sp³-hybridized carbons (Fsp3) is 0.600. The highest BCUT2D eigenvalue weighted by Crippen LogP contribution is 2.26. The van der Waals surface area contributed by atoms with Gasteiger partial charge in [-0.2, -0.15) is 0 Å². The maximum atomic E-state index is 12.3. The number of likely N-dealkylation sites (N-methyl/N-ethyl adjacent to an activating group) is 1. The molecular weight excluding hydrogens is 286 g/mol. The molecule has 0 heterocycles. The van der Waals surface area contributed by atoms with Crippen molar-refractivity contribution in [2.45, 2.75) is 30.7 Å². The molecule has 0 unspecified atom stereocenters. The molecule has 0 aromatic heterocycles. The molecular formula is C15H25N3O2S. The molecule has 0 saturated heterocycles. The van der Waals surface area contributed by atoms with Gasteiger partial charge in [-0.3, -0.25) is 4.90 Å². The lowest BCUT2D eigenvalue weighted by Gasteiger charge is -2.21. The second kappa shape index (κ2) is 6.77. The van der Waals surface area contributed by atoms with E-state index >= 15 is 0 Å². The number of hydrogen-bond acceptors (Lipinski definition) is 4. The monoisotopic (exact) mass is 311 g/mol. The maximum absolute atomic E-state index is 12.3. The largest absolute Gasteiger partial charge is 0.383 e. The van der Waals surface area contributed by atoms with E-state index < -0.39 is 10.0 Å². The van der Waals surface area contributed by atoms with E-state index in [1.165, 1.54) is 17.1 Å². The van der Waals surface area contributed by atoms with E-state index in [-0.39, 0.29) is 0 Å². The first-order valence-corrected chi connectivity index (χ1v) is 8.90. The molecule has 2 rings (SSSR count). The average Bonchev–Trinajstić information content (AvgIpc) is 3.28. The van der Waals surface area contributed by atoms with Crippen LogP contribution in [0, 0.1) is 0 Å². The number of hydrogen-bond donors (Lipinski definition) is 1. The summed E-state index contributed by atoms with van der Waals surface area (Å²) in [7, 11) is -0.303. The van der Waals surface area contributed by atoms with Gasteiger partial charge in [0.15, 0.2) is 0 Å². The lowest BCUT2D eigenvalue weighted by Crippen LogP contribution is -2.31. The summed E-state index contributed by atoms with van der Waals surface area (Å²) < 4.78 is 25.8. The van der Waals surface area contributed by atoms with Crippen molar-refractivity contribution in [2.24, 2.45) is 0 Å². The molecule has 0 atom stereocenters. The number of sulfonamides is 1. The quantitative estimate of drug-likeness (QED) is 0.796. The van der Waals surface area contributed by atoms with Crippen LogP contribution < -0.4 is 5.32 Å². The third kappa shape index (κ3) is 3.96. The van der Waals surface area contributed by atoms with Gasteiger partial charge in [0.1, 0.15) is 4.90 Å². The third-order valence-corrected chi connectivity index (χ3v) is 5.70. The topological polar surface area (TPSA) is 52.7 Å². The normalized spacial score (nSPS) is 15.7. The molecule has 6 heteroatoms. The van der Waals surface area contributed by atoms with Gasteiger partial charge in [0, 0.05) is 33.2 Å². The Morgan fingerprint density at radius 2 is 1.90 bits per heavy atom. The van der Waals surface area contributed by atoms with Crippen molar-refractivity contribution in [3.05, 3.63) is 24.3 Å². The number of para-hydroxylation sites is 1. The Labute approximate surface area is 128 Å². The van der Waals surface area contributed by atoms with Crippen molar-refractivity contribution >= 4 is 15.7 Å². The second-order valence-corrected chi connectivity index (χ2v) is 7.69. The van der Waals surface area contributed by atoms with E-state index in [1.54, 1.807) is 26.2 Å². The minimum absolute atomic E-state index is 0.337. The first kappa shape index (κ1) is 16.3. The highest BCUT2D eigenvalue weighted by molar-refractivity contribution is 7.89. The number of anilines is 1. The average molecular weight is 311 g/mol. The van der Waals surface area contributed by atoms with Crippen LogP contribution in [-0.4, -0.2) is 57.4 Å². The molecule has 0 amide bonds. The summed E-state index contributed by atoms with van der Waals surface area (Å²) in [4.78, 5) is 2.78. The van der Waals surface area contributed by atoms with Gasteiger partial charge in [-0.05, 0) is 31.5 Å². The second-order valence-electron chi connectivity index (χ2n) is 5.57. The minimum atomic E-state index is -3.41. The highest BCUT2D eigenvalue weighted by atomic mass is 32.2. The summed E-state index contributed by atoms with van der Waals surface area (Å²) in [6.07, 6.45) is 2.58. The fourth-order valence-electron chi connectivity index (χ4n) is 2.41. The van der Waals surface area contributed by atoms with Crippen LogP contribution in [0.3, 0.4) is 0 Å². The zero-order valence-electron chi connectivity index (χ0n) is 13.0. The molecule has 21 heavy (non-hydrogen) atoms. The van der Waals surface area contributed by atoms with Crippen molar-refractivity contribution in [2.75, 3.05) is 39.0 Å². The van der Waals surface area contributed by atoms with Gasteiger partial charge < -0.3 is 5.32 Å². The maximum Gasteiger partial charge on any atom is 0.244 e. The molecule has 0 aliphatic heterocycles. The van der Waals surface area contributed by atoms with Gasteiger partial charge in [-0.15, -0.1) is 0 Å². The van der Waals surface area contributed by atoms with E-state index in [1.807, 2.05) is 12.1 Å². The van der Waals surface area contributed by atoms with Gasteiger partial charge in [-0.1, -0.05) is 19.1 Å². The van der Waals surface area contributed by atoms with Crippen molar-refractivity contribution in [3.63, 3.8) is 0 Å². The van der Waals surface area contributed by atoms with Crippen LogP contribution in [0.5, 0.6) is 0 Å². The molecule has 1 saturated carbocycles. The van der Waals surface area contributed by atoms with Crippen molar-refractivity contribution in [1.29, 1.82) is 0 Å². The molecule has 1 fully saturated rings. The molecule has 1 aromatic rings. The van der Waals surface area contributed by atoms with Crippen LogP contribution in [0.4, 0.5) is 5.69 Å². The predicted molar refractivity (Wildman–Crippen MR) is 86.1 cm³/mol. The van der Waals surface area contributed by atoms with Crippen LogP contribution in [-0.2, 0) is 10.0 Å². The lowest BCUT2D eigenvalue weighted by molar-refractivity contribution is 0.289. The van der Waals surface area contributed by atoms with Crippen molar-refractivity contribution < 1.29 is 8.42 Å². The molecule has 5 nitrogen and oxygen atoms in total. The SMILES string of the molecule is CCN(CCNc1ccccc1S(=O)(=O)N(C)C)C1CC1. The van der Waals surface area contributed by atoms with Gasteiger partial charge in [0.25, 0.3) is 0 Å². The molecule has 0 spiro atoms. The van der Waals surface area contributed by atoms with E-state index in [2.05, 4.69) is 17.1 Å². The zero-order valence-corrected chi connectivity index (χ0v) is 13.9. The Balaban J connectivity index is 2.03. The summed E-state index contributed by atoms with van der Waals surface area (Å²) in [5.41, 5.74) is 0.679. The highest BCUT2D eigenvalue weighted by Gasteiger charge is 2.27. The van der Waals surface area contributed by atoms with Gasteiger partial charge in [0.05, 0.1) is 5.69 Å². The van der Waals surface area contributed by atoms with E-state index in [0.29, 0.717) is 10.6 Å². The molecule has 1 aliphatic rings. The Morgan fingerprint density at radius 1 is 1.24 bits per heavy atom. The van der Waals surface area contributed by atoms with Gasteiger partial charge >= 0.3 is 0 Å². The number of nitrogens with zero attached hydrogens (tertiary/aromatic N) is 2. The predicted octanol–water partition coefficient (Wildman–Crippen LogP) is 1.83. The summed E-state index contributed by atoms with van der Waals surface area (Å²) in [6.45, 7) is 4.91. The summed E-state index contributed by atoms with van der Waals surface area (Å²) in [5.74, 6) is 0. The summed E-state index contributed by atoms with van der Waals surface area (Å²) >= 11 is 0. The van der Waals surface area contributed by atoms with Crippen LogP contribution in [0.15, 0.2) is 29.2 Å². The smallest absolute Gasteiger partial charge is 0.244 e. The Bertz CT molecular complexity index is 568. The number of benzene rings is 1. The number of rotatable bonds is 8. The lowest BCUT2D eigenvalue weighted by atomic mass is 10.3. The molecule has 1 aromatic carbocycles. The molecule has 118 valence electrons. The van der Waals surface area contributed by atoms with Crippen LogP contribution in [0.2, 0.25) is 0 Å². The van der Waals surface area contributed by atoms with E-state index in [9.17, 15) is 8.42 Å². The molecule has 0 radical (unpaired) electrons. The van der Waals surface area contributed by atoms with Gasteiger partial charge in [0.2, 0.25) is 10.0 Å². The Hall–Kier alpha value is -1.11. The standard InChI is InChI=1S/C15H25N3O2S/c1-4-18(13-9-10-13)12-11-16-14-7-5-6-8-15(14)21(19,20)17(2)3/h5-8,13,16H,4,9-12H2,1-3H3. The molecule has 0 bridgehead atoms. The molecule has 1 aliphatic carbocycles. The number of nitrogens with one attached hydrogen (secondary N) is 1. The van der Waals surface area contributed by atoms with Crippen LogP contribution >= 0.6 is 0 Å².